The van der Waals surface area contributed by atoms with E-state index in [1.807, 2.05) is 0 Å². The van der Waals surface area contributed by atoms with Gasteiger partial charge in [0, 0.05) is 0 Å². The first-order valence-corrected chi connectivity index (χ1v) is 13.3. The van der Waals surface area contributed by atoms with E-state index in [4.69, 9.17) is 24.7 Å². The van der Waals surface area contributed by atoms with Crippen LogP contribution in [0, 0.1) is 22.7 Å². The van der Waals surface area contributed by atoms with E-state index in [1.165, 1.54) is 33.0 Å². The average molecular weight is 660 g/mol. The molecule has 0 amide bonds. The lowest BCUT2D eigenvalue weighted by atomic mass is 9.84. The largest absolute Gasteiger partial charge is 0.493 e. The number of nitrogens with two attached hydrogens (primary N) is 1. The highest BCUT2D eigenvalue weighted by atomic mass is 79.9. The first kappa shape index (κ1) is 27.3. The van der Waals surface area contributed by atoms with Gasteiger partial charge >= 0.3 is 0 Å². The van der Waals surface area contributed by atoms with Crippen LogP contribution >= 0.6 is 43.2 Å². The molecule has 2 heterocycles. The van der Waals surface area contributed by atoms with Crippen molar-refractivity contribution in [3.63, 3.8) is 0 Å². The van der Waals surface area contributed by atoms with Gasteiger partial charge in [-0.3, -0.25) is 9.36 Å². The second-order valence-corrected chi connectivity index (χ2v) is 10.6. The summed E-state index contributed by atoms with van der Waals surface area (Å²) in [6.07, 6.45) is 1.67. The zero-order chi connectivity index (χ0) is 27.7. The number of ether oxygens (including phenoxy) is 4. The standard InChI is InChI=1S/C26H20Br2N4O5S/c1-34-18-6-12(5-16(27)22(18)36-3)7-20-25(33)32-24(31)14(10-29)21(15(11-30)26(32)38-20)13-8-17(28)23(37-4)19(9-13)35-2/h5-9,21H,31H2,1-4H3/b20-7-/t21-/m1/s1. The lowest BCUT2D eigenvalue weighted by Gasteiger charge is -2.23. The molecule has 1 aromatic heterocycles. The molecule has 2 N–H and O–H groups in total. The fraction of sp³-hybridized carbons (Fsp3) is 0.192. The van der Waals surface area contributed by atoms with Crippen molar-refractivity contribution in [3.8, 4) is 35.1 Å². The summed E-state index contributed by atoms with van der Waals surface area (Å²) in [5.41, 5.74) is 7.49. The summed E-state index contributed by atoms with van der Waals surface area (Å²) in [6, 6.07) is 11.2. The summed E-state index contributed by atoms with van der Waals surface area (Å²) < 4.78 is 24.7. The summed E-state index contributed by atoms with van der Waals surface area (Å²) in [4.78, 5) is 13.5. The summed E-state index contributed by atoms with van der Waals surface area (Å²) in [7, 11) is 6.04. The van der Waals surface area contributed by atoms with Crippen LogP contribution in [0.3, 0.4) is 0 Å². The Morgan fingerprint density at radius 1 is 0.921 bits per heavy atom. The molecule has 4 rings (SSSR count). The molecule has 0 radical (unpaired) electrons. The Kier molecular flexibility index (Phi) is 7.88. The van der Waals surface area contributed by atoms with Gasteiger partial charge in [-0.15, -0.1) is 11.3 Å². The van der Waals surface area contributed by atoms with Crippen LogP contribution in [0.1, 0.15) is 17.0 Å². The van der Waals surface area contributed by atoms with Gasteiger partial charge in [-0.25, -0.2) is 0 Å². The third-order valence-electron chi connectivity index (χ3n) is 5.93. The smallest absolute Gasteiger partial charge is 0.274 e. The van der Waals surface area contributed by atoms with E-state index in [1.54, 1.807) is 30.3 Å². The molecule has 194 valence electrons. The van der Waals surface area contributed by atoms with Gasteiger partial charge in [-0.2, -0.15) is 10.5 Å². The van der Waals surface area contributed by atoms with Crippen molar-refractivity contribution >= 4 is 60.7 Å². The lowest BCUT2D eigenvalue weighted by molar-refractivity contribution is 0.352. The number of halogens is 2. The number of benzene rings is 2. The van der Waals surface area contributed by atoms with E-state index < -0.39 is 11.5 Å². The summed E-state index contributed by atoms with van der Waals surface area (Å²) in [5, 5.41) is 20.3. The molecular weight excluding hydrogens is 640 g/mol. The SMILES string of the molecule is COc1cc(/C=c2\sc3n(c2=O)C(N)=C(C#N)[C@@H](c2cc(Br)c(OC)c(OC)c2)C=3C#N)cc(Br)c1OC. The van der Waals surface area contributed by atoms with Gasteiger partial charge in [0.05, 0.1) is 71.1 Å². The molecular formula is C26H20Br2N4O5S. The van der Waals surface area contributed by atoms with Crippen LogP contribution in [0.2, 0.25) is 0 Å². The van der Waals surface area contributed by atoms with E-state index in [9.17, 15) is 15.3 Å². The van der Waals surface area contributed by atoms with Crippen LogP contribution in [0.25, 0.3) is 17.5 Å². The molecule has 0 saturated carbocycles. The highest BCUT2D eigenvalue weighted by Gasteiger charge is 2.33. The molecule has 0 unspecified atom stereocenters. The van der Waals surface area contributed by atoms with Crippen molar-refractivity contribution in [1.29, 1.82) is 10.5 Å². The van der Waals surface area contributed by atoms with Crippen molar-refractivity contribution in [2.24, 2.45) is 5.73 Å². The molecule has 38 heavy (non-hydrogen) atoms. The second-order valence-electron chi connectivity index (χ2n) is 7.90. The molecule has 1 aliphatic rings. The Morgan fingerprint density at radius 2 is 1.50 bits per heavy atom. The Labute approximate surface area is 238 Å². The number of hydrogen-bond acceptors (Lipinski definition) is 9. The van der Waals surface area contributed by atoms with Gasteiger partial charge in [0.1, 0.15) is 10.5 Å². The van der Waals surface area contributed by atoms with E-state index in [0.29, 0.717) is 52.3 Å². The fourth-order valence-electron chi connectivity index (χ4n) is 4.26. The van der Waals surface area contributed by atoms with Gasteiger partial charge < -0.3 is 24.7 Å². The fourth-order valence-corrected chi connectivity index (χ4v) is 6.63. The molecule has 2 aromatic carbocycles. The maximum atomic E-state index is 13.5. The molecule has 0 bridgehead atoms. The van der Waals surface area contributed by atoms with Gasteiger partial charge in [-0.1, -0.05) is 0 Å². The Morgan fingerprint density at radius 3 is 2.05 bits per heavy atom. The Hall–Kier alpha value is -3.71. The topological polar surface area (TPSA) is 133 Å². The van der Waals surface area contributed by atoms with Crippen molar-refractivity contribution < 1.29 is 18.9 Å². The van der Waals surface area contributed by atoms with Gasteiger partial charge in [0.2, 0.25) is 0 Å². The Balaban J connectivity index is 2.03. The number of nitrogens with zero attached hydrogens (tertiary/aromatic N) is 3. The van der Waals surface area contributed by atoms with Crippen LogP contribution in [0.5, 0.6) is 23.0 Å². The maximum absolute atomic E-state index is 13.5. The van der Waals surface area contributed by atoms with Crippen molar-refractivity contribution in [1.82, 2.24) is 4.57 Å². The van der Waals surface area contributed by atoms with Crippen LogP contribution in [0.15, 0.2) is 43.6 Å². The van der Waals surface area contributed by atoms with Crippen molar-refractivity contribution in [2.45, 2.75) is 5.92 Å². The maximum Gasteiger partial charge on any atom is 0.274 e. The lowest BCUT2D eigenvalue weighted by Crippen LogP contribution is -2.38. The minimum Gasteiger partial charge on any atom is -0.493 e. The number of nitriles is 2. The predicted octanol–water partition coefficient (Wildman–Crippen LogP) is 3.42. The number of allylic oxidation sites excluding steroid dienone is 1. The van der Waals surface area contributed by atoms with Gasteiger partial charge in [0.15, 0.2) is 23.0 Å². The zero-order valence-corrected chi connectivity index (χ0v) is 24.6. The van der Waals surface area contributed by atoms with Crippen molar-refractivity contribution in [2.75, 3.05) is 28.4 Å². The summed E-state index contributed by atoms with van der Waals surface area (Å²) in [5.74, 6) is 1.01. The molecule has 1 atom stereocenters. The van der Waals surface area contributed by atoms with Gasteiger partial charge in [0.25, 0.3) is 5.56 Å². The number of thiazole rings is 1. The molecule has 12 heteroatoms. The normalized spacial score (nSPS) is 15.0. The quantitative estimate of drug-likeness (QED) is 0.426. The minimum absolute atomic E-state index is 0.0354. The summed E-state index contributed by atoms with van der Waals surface area (Å²) in [6.45, 7) is 0. The number of fused-ring (bicyclic) bond motifs is 1. The second kappa shape index (κ2) is 11.0. The predicted molar refractivity (Wildman–Crippen MR) is 151 cm³/mol. The first-order valence-electron chi connectivity index (χ1n) is 10.8. The highest BCUT2D eigenvalue weighted by molar-refractivity contribution is 9.11. The third kappa shape index (κ3) is 4.45. The Bertz CT molecular complexity index is 1760. The van der Waals surface area contributed by atoms with Gasteiger partial charge in [-0.05, 0) is 73.3 Å². The van der Waals surface area contributed by atoms with Crippen LogP contribution in [-0.2, 0) is 0 Å². The number of aromatic nitrogens is 1. The van der Waals surface area contributed by atoms with E-state index >= 15 is 0 Å². The zero-order valence-electron chi connectivity index (χ0n) is 20.6. The average Bonchev–Trinajstić information content (AvgIpc) is 3.23. The number of methoxy groups -OCH3 is 4. The third-order valence-corrected chi connectivity index (χ3v) is 8.22. The summed E-state index contributed by atoms with van der Waals surface area (Å²) >= 11 is 8.04. The highest BCUT2D eigenvalue weighted by Crippen LogP contribution is 2.43. The van der Waals surface area contributed by atoms with E-state index in [0.717, 1.165) is 11.3 Å². The minimum atomic E-state index is -0.817. The molecule has 0 saturated heterocycles. The molecule has 0 aliphatic carbocycles. The first-order chi connectivity index (χ1) is 18.2. The molecule has 3 aromatic rings. The molecule has 0 spiro atoms. The monoisotopic (exact) mass is 658 g/mol. The van der Waals surface area contributed by atoms with Crippen LogP contribution in [-0.4, -0.2) is 33.0 Å². The van der Waals surface area contributed by atoms with Crippen LogP contribution < -0.4 is 39.4 Å². The van der Waals surface area contributed by atoms with E-state index in [2.05, 4.69) is 44.0 Å². The molecule has 0 fully saturated rings. The molecule has 1 aliphatic heterocycles. The molecule has 9 nitrogen and oxygen atoms in total. The number of hydrogen-bond donors (Lipinski definition) is 1. The van der Waals surface area contributed by atoms with Crippen molar-refractivity contribution in [3.05, 3.63) is 69.5 Å². The number of rotatable bonds is 6. The van der Waals surface area contributed by atoms with E-state index in [-0.39, 0.29) is 17.0 Å². The van der Waals surface area contributed by atoms with Crippen LogP contribution in [0.4, 0.5) is 0 Å².